The lowest BCUT2D eigenvalue weighted by Crippen LogP contribution is -2.58. The first-order chi connectivity index (χ1) is 34.0. The molecule has 71 heavy (non-hydrogen) atoms. The summed E-state index contributed by atoms with van der Waals surface area (Å²) in [4.78, 5) is 78.7. The molecule has 5 amide bonds. The van der Waals surface area contributed by atoms with Gasteiger partial charge >= 0.3 is 18.0 Å². The number of aromatic carboxylic acids is 1. The van der Waals surface area contributed by atoms with E-state index >= 15 is 0 Å². The van der Waals surface area contributed by atoms with E-state index in [0.717, 1.165) is 59.0 Å². The quantitative estimate of drug-likeness (QED) is 0.0706. The Morgan fingerprint density at radius 2 is 1.58 bits per heavy atom. The van der Waals surface area contributed by atoms with E-state index in [1.54, 1.807) is 41.3 Å². The van der Waals surface area contributed by atoms with Crippen LogP contribution in [0.1, 0.15) is 101 Å². The number of rotatable bonds is 13. The molecule has 1 atom stereocenters. The average Bonchev–Trinajstić information content (AvgIpc) is 4.22. The van der Waals surface area contributed by atoms with Crippen LogP contribution in [0, 0.1) is 0 Å². The van der Waals surface area contributed by atoms with Gasteiger partial charge in [-0.25, -0.2) is 22.8 Å². The van der Waals surface area contributed by atoms with Crippen molar-refractivity contribution in [3.63, 3.8) is 0 Å². The molecular weight excluding hydrogens is 972 g/mol. The third-order valence-corrected chi connectivity index (χ3v) is 18.6. The summed E-state index contributed by atoms with van der Waals surface area (Å²) in [5.74, 6) is -3.92. The highest BCUT2D eigenvalue weighted by atomic mass is 35.5. The Morgan fingerprint density at radius 1 is 0.873 bits per heavy atom. The predicted octanol–water partition coefficient (Wildman–Crippen LogP) is 8.03. The number of carbonyl (C=O) groups excluding carboxylic acids is 4. The zero-order valence-electron chi connectivity index (χ0n) is 38.2. The van der Waals surface area contributed by atoms with Gasteiger partial charge < -0.3 is 30.5 Å². The molecule has 2 saturated carbocycles. The number of carboxylic acid groups (broad SMARTS) is 2. The van der Waals surface area contributed by atoms with Crippen molar-refractivity contribution in [3.05, 3.63) is 105 Å². The van der Waals surface area contributed by atoms with Gasteiger partial charge in [-0.15, -0.1) is 11.3 Å². The van der Waals surface area contributed by atoms with Crippen LogP contribution in [0.2, 0.25) is 5.02 Å². The van der Waals surface area contributed by atoms with Gasteiger partial charge in [0.15, 0.2) is 17.2 Å². The topological polar surface area (TPSA) is 232 Å². The molecule has 0 radical (unpaired) electrons. The number of nitrogens with zero attached hydrogens (tertiary/aromatic N) is 3. The van der Waals surface area contributed by atoms with Gasteiger partial charge in [-0.05, 0) is 122 Å². The SMILES string of the molecule is O=C(O)COc1c(C(=O)O)sc(-c2cccc(NC3CC4(CC4)N(S(=O)(=O)Cc4cccc(NC(=O)N5CCC(c6ccc7c8c(cccc68)C(=O)N7C6CCC(=O)NC6=O)CC5)c4)C4(CC4)C3)c2)c1Cl. The van der Waals surface area contributed by atoms with E-state index in [1.807, 2.05) is 46.8 Å². The number of aliphatic carboxylic acids is 1. The second-order valence-electron chi connectivity index (χ2n) is 19.6. The van der Waals surface area contributed by atoms with Gasteiger partial charge in [0.05, 0.1) is 16.3 Å². The van der Waals surface area contributed by atoms with Crippen LogP contribution in [0.25, 0.3) is 21.2 Å². The number of urea groups is 1. The molecule has 2 aliphatic carbocycles. The number of ether oxygens (including phenoxy) is 1. The van der Waals surface area contributed by atoms with Crippen molar-refractivity contribution in [3.8, 4) is 16.2 Å². The van der Waals surface area contributed by atoms with Crippen molar-refractivity contribution in [2.75, 3.05) is 35.2 Å². The lowest BCUT2D eigenvalue weighted by atomic mass is 9.85. The van der Waals surface area contributed by atoms with Crippen molar-refractivity contribution < 1.29 is 52.1 Å². The van der Waals surface area contributed by atoms with Gasteiger partial charge in [0.1, 0.15) is 11.1 Å². The number of hydrogen-bond acceptors (Lipinski definition) is 11. The molecule has 2 spiro atoms. The third-order valence-electron chi connectivity index (χ3n) is 14.9. The molecule has 1 unspecified atom stereocenters. The van der Waals surface area contributed by atoms with Gasteiger partial charge in [-0.2, -0.15) is 4.31 Å². The van der Waals surface area contributed by atoms with Crippen LogP contribution < -0.4 is 25.6 Å². The number of nitrogens with one attached hydrogen (secondary N) is 3. The fourth-order valence-corrected chi connectivity index (χ4v) is 15.5. The number of piperidine rings is 3. The van der Waals surface area contributed by atoms with Crippen molar-refractivity contribution in [2.24, 2.45) is 0 Å². The molecule has 3 saturated heterocycles. The summed E-state index contributed by atoms with van der Waals surface area (Å²) in [6.07, 6.45) is 5.97. The zero-order valence-corrected chi connectivity index (χ0v) is 40.6. The maximum atomic E-state index is 14.6. The Kier molecular flexibility index (Phi) is 11.6. The molecule has 5 N–H and O–H groups in total. The minimum Gasteiger partial charge on any atom is -0.479 e. The fraction of sp³-hybridized carbons (Fsp3) is 0.373. The molecule has 0 bridgehead atoms. The molecule has 5 aromatic rings. The molecule has 17 nitrogen and oxygen atoms in total. The van der Waals surface area contributed by atoms with Crippen LogP contribution in [0.5, 0.6) is 5.75 Å². The van der Waals surface area contributed by atoms with Gasteiger partial charge in [0.2, 0.25) is 21.8 Å². The monoisotopic (exact) mass is 1020 g/mol. The first-order valence-corrected chi connectivity index (χ1v) is 26.5. The number of thiophene rings is 1. The van der Waals surface area contributed by atoms with Gasteiger partial charge in [-0.1, -0.05) is 54.1 Å². The number of halogens is 1. The van der Waals surface area contributed by atoms with E-state index < -0.39 is 51.6 Å². The molecule has 1 aromatic heterocycles. The van der Waals surface area contributed by atoms with Crippen LogP contribution in [-0.4, -0.2) is 106 Å². The minimum atomic E-state index is -3.80. The van der Waals surface area contributed by atoms with Crippen LogP contribution in [0.15, 0.2) is 78.9 Å². The summed E-state index contributed by atoms with van der Waals surface area (Å²) in [7, 11) is -3.80. The van der Waals surface area contributed by atoms with Gasteiger partial charge in [-0.3, -0.25) is 24.6 Å². The second-order valence-corrected chi connectivity index (χ2v) is 22.8. The van der Waals surface area contributed by atoms with Crippen LogP contribution in [-0.2, 0) is 30.2 Å². The summed E-state index contributed by atoms with van der Waals surface area (Å²) in [6, 6.07) is 22.8. The summed E-state index contributed by atoms with van der Waals surface area (Å²) < 4.78 is 36.2. The van der Waals surface area contributed by atoms with Crippen molar-refractivity contribution in [2.45, 2.75) is 99.0 Å². The van der Waals surface area contributed by atoms with Gasteiger partial charge in [0.25, 0.3) is 5.91 Å². The Morgan fingerprint density at radius 3 is 2.27 bits per heavy atom. The van der Waals surface area contributed by atoms with E-state index in [4.69, 9.17) is 21.4 Å². The molecule has 368 valence electrons. The van der Waals surface area contributed by atoms with Crippen molar-refractivity contribution >= 4 is 96.5 Å². The lowest BCUT2D eigenvalue weighted by molar-refractivity contribution is -0.139. The number of carbonyl (C=O) groups is 6. The number of benzene rings is 4. The highest BCUT2D eigenvalue weighted by Crippen LogP contribution is 2.63. The average molecular weight is 1020 g/mol. The molecule has 6 aliphatic rings. The predicted molar refractivity (Wildman–Crippen MR) is 266 cm³/mol. The largest absolute Gasteiger partial charge is 0.479 e. The molecule has 4 aliphatic heterocycles. The molecule has 20 heteroatoms. The highest BCUT2D eigenvalue weighted by Gasteiger charge is 2.68. The molecule has 4 aromatic carbocycles. The standard InChI is InChI=1S/C51H49ClN6O11S2/c52-42-43(69-26-40(60)61)45(48(64)65)70-44(42)30-5-2-7-32(23-30)53-33-24-50(16-17-50)58(51(25-33)18-19-51)71(67,68)27-28-4-1-6-31(22-28)54-49(66)56-20-14-29(15-21-56)34-10-11-37-41-35(34)8-3-9-36(41)47(63)57(37)38-12-13-39(59)55-46(38)62/h1-11,22-23,29,33,38,53H,12-21,24-27H2,(H,54,66)(H,60,61)(H,64,65)(H,55,59,62). The van der Waals surface area contributed by atoms with E-state index in [9.17, 15) is 42.3 Å². The number of anilines is 3. The minimum absolute atomic E-state index is 0.0130. The normalized spacial score (nSPS) is 21.4. The number of amides is 5. The van der Waals surface area contributed by atoms with Crippen LogP contribution in [0.4, 0.5) is 21.9 Å². The number of hydrogen-bond donors (Lipinski definition) is 5. The summed E-state index contributed by atoms with van der Waals surface area (Å²) in [5, 5.41) is 29.7. The second kappa shape index (κ2) is 17.6. The summed E-state index contributed by atoms with van der Waals surface area (Å²) in [6.45, 7) is 0.223. The Hall–Kier alpha value is -6.54. The number of imide groups is 1. The number of sulfonamides is 1. The molecule has 5 heterocycles. The first kappa shape index (κ1) is 46.8. The Labute approximate surface area is 417 Å². The van der Waals surface area contributed by atoms with Crippen molar-refractivity contribution in [1.82, 2.24) is 14.5 Å². The van der Waals surface area contributed by atoms with Crippen molar-refractivity contribution in [1.29, 1.82) is 0 Å². The highest BCUT2D eigenvalue weighted by molar-refractivity contribution is 7.88. The smallest absolute Gasteiger partial charge is 0.349 e. The summed E-state index contributed by atoms with van der Waals surface area (Å²) >= 11 is 7.48. The molecular formula is C51H49ClN6O11S2. The number of likely N-dealkylation sites (tertiary alicyclic amines) is 1. The van der Waals surface area contributed by atoms with Gasteiger partial charge in [0, 0.05) is 59.0 Å². The summed E-state index contributed by atoms with van der Waals surface area (Å²) in [5.41, 5.74) is 3.67. The molecule has 5 fully saturated rings. The zero-order chi connectivity index (χ0) is 49.6. The van der Waals surface area contributed by atoms with Crippen LogP contribution in [0.3, 0.4) is 0 Å². The Balaban J connectivity index is 0.727. The maximum Gasteiger partial charge on any atom is 0.349 e. The third kappa shape index (κ3) is 8.55. The fourth-order valence-electron chi connectivity index (χ4n) is 11.7. The van der Waals surface area contributed by atoms with E-state index in [0.29, 0.717) is 71.7 Å². The molecule has 11 rings (SSSR count). The number of carboxylic acids is 2. The van der Waals surface area contributed by atoms with E-state index in [-0.39, 0.29) is 64.0 Å². The van der Waals surface area contributed by atoms with Crippen LogP contribution >= 0.6 is 22.9 Å². The van der Waals surface area contributed by atoms with E-state index in [2.05, 4.69) is 16.0 Å². The first-order valence-electron chi connectivity index (χ1n) is 23.7. The lowest BCUT2D eigenvalue weighted by Gasteiger charge is -2.46. The maximum absolute atomic E-state index is 14.6. The van der Waals surface area contributed by atoms with E-state index in [1.165, 1.54) is 4.90 Å². The Bertz CT molecular complexity index is 3190.